The molecule has 0 saturated carbocycles. The molecule has 1 aliphatic rings. The van der Waals surface area contributed by atoms with Crippen LogP contribution in [-0.4, -0.2) is 41.3 Å². The molecule has 25 heavy (non-hydrogen) atoms. The summed E-state index contributed by atoms with van der Waals surface area (Å²) >= 11 is 0. The van der Waals surface area contributed by atoms with Crippen LogP contribution in [0.25, 0.3) is 0 Å². The van der Waals surface area contributed by atoms with Crippen molar-refractivity contribution in [3.8, 4) is 11.5 Å². The van der Waals surface area contributed by atoms with Crippen molar-refractivity contribution in [2.75, 3.05) is 12.8 Å². The topological polar surface area (TPSA) is 85.2 Å². The third-order valence-electron chi connectivity index (χ3n) is 3.88. The van der Waals surface area contributed by atoms with Gasteiger partial charge in [0.1, 0.15) is 17.6 Å². The maximum atomic E-state index is 13.3. The summed E-state index contributed by atoms with van der Waals surface area (Å²) in [5.41, 5.74) is 0. The first kappa shape index (κ1) is 18.0. The number of para-hydroxylation sites is 2. The summed E-state index contributed by atoms with van der Waals surface area (Å²) in [6, 6.07) is 17.6. The van der Waals surface area contributed by atoms with Crippen LogP contribution >= 0.6 is 7.60 Å². The van der Waals surface area contributed by atoms with Gasteiger partial charge in [-0.1, -0.05) is 36.4 Å². The minimum Gasteiger partial charge on any atom is -0.416 e. The lowest BCUT2D eigenvalue weighted by Crippen LogP contribution is -2.24. The molecule has 0 bridgehead atoms. The predicted molar refractivity (Wildman–Crippen MR) is 93.0 cm³/mol. The van der Waals surface area contributed by atoms with Gasteiger partial charge in [-0.25, -0.2) is 4.57 Å². The number of aliphatic hydroxyl groups is 2. The number of hydrogen-bond donors (Lipinski definition) is 2. The highest BCUT2D eigenvalue weighted by Gasteiger charge is 2.40. The van der Waals surface area contributed by atoms with Gasteiger partial charge >= 0.3 is 7.60 Å². The van der Waals surface area contributed by atoms with Crippen LogP contribution in [-0.2, 0) is 9.30 Å². The standard InChI is InChI=1S/C18H21O6P/c19-12-18-17(20)11-16(22-18)13-25(21,23-14-7-3-1-4-8-14)24-15-9-5-2-6-10-15/h1-10,16-20H,11-13H2/t16?,17-,18+/m0/s1. The Morgan fingerprint density at radius 2 is 1.52 bits per heavy atom. The van der Waals surface area contributed by atoms with E-state index < -0.39 is 25.9 Å². The maximum Gasteiger partial charge on any atom is 0.433 e. The third kappa shape index (κ3) is 4.83. The van der Waals surface area contributed by atoms with Gasteiger partial charge in [0.15, 0.2) is 0 Å². The first-order valence-electron chi connectivity index (χ1n) is 8.11. The van der Waals surface area contributed by atoms with Crippen molar-refractivity contribution in [2.45, 2.75) is 24.7 Å². The highest BCUT2D eigenvalue weighted by atomic mass is 31.2. The summed E-state index contributed by atoms with van der Waals surface area (Å²) in [6.45, 7) is -0.291. The van der Waals surface area contributed by atoms with Gasteiger partial charge in [-0.15, -0.1) is 0 Å². The van der Waals surface area contributed by atoms with Crippen LogP contribution in [0.3, 0.4) is 0 Å². The molecule has 0 spiro atoms. The Morgan fingerprint density at radius 3 is 1.96 bits per heavy atom. The van der Waals surface area contributed by atoms with E-state index in [1.54, 1.807) is 48.5 Å². The minimum absolute atomic E-state index is 0.0235. The Morgan fingerprint density at radius 1 is 1.00 bits per heavy atom. The SMILES string of the molecule is O=P(CC1C[C@H](O)[C@@H](CO)O1)(Oc1ccccc1)Oc1ccccc1. The molecule has 1 unspecified atom stereocenters. The number of ether oxygens (including phenoxy) is 1. The Balaban J connectivity index is 1.78. The highest BCUT2D eigenvalue weighted by Crippen LogP contribution is 2.50. The van der Waals surface area contributed by atoms with Crippen molar-refractivity contribution in [2.24, 2.45) is 0 Å². The molecule has 7 heteroatoms. The predicted octanol–water partition coefficient (Wildman–Crippen LogP) is 2.85. The van der Waals surface area contributed by atoms with E-state index in [-0.39, 0.29) is 19.2 Å². The summed E-state index contributed by atoms with van der Waals surface area (Å²) in [6.07, 6.45) is -1.75. The van der Waals surface area contributed by atoms with Crippen molar-refractivity contribution >= 4 is 7.60 Å². The first-order valence-corrected chi connectivity index (χ1v) is 9.83. The molecule has 2 aromatic carbocycles. The molecular weight excluding hydrogens is 343 g/mol. The lowest BCUT2D eigenvalue weighted by atomic mass is 10.1. The number of rotatable bonds is 7. The van der Waals surface area contributed by atoms with Gasteiger partial charge in [-0.2, -0.15) is 0 Å². The normalized spacial score (nSPS) is 23.4. The minimum atomic E-state index is -3.59. The summed E-state index contributed by atoms with van der Waals surface area (Å²) < 4.78 is 30.3. The Kier molecular flexibility index (Phi) is 5.76. The number of benzene rings is 2. The average Bonchev–Trinajstić information content (AvgIpc) is 2.95. The fourth-order valence-corrected chi connectivity index (χ4v) is 4.53. The van der Waals surface area contributed by atoms with Crippen LogP contribution in [0, 0.1) is 0 Å². The average molecular weight is 364 g/mol. The van der Waals surface area contributed by atoms with E-state index >= 15 is 0 Å². The lowest BCUT2D eigenvalue weighted by molar-refractivity contribution is -0.0170. The molecule has 2 N–H and O–H groups in total. The van der Waals surface area contributed by atoms with E-state index in [1.807, 2.05) is 12.1 Å². The fraction of sp³-hybridized carbons (Fsp3) is 0.333. The summed E-state index contributed by atoms with van der Waals surface area (Å²) in [5.74, 6) is 0.859. The summed E-state index contributed by atoms with van der Waals surface area (Å²) in [5, 5.41) is 19.1. The van der Waals surface area contributed by atoms with Crippen molar-refractivity contribution in [1.82, 2.24) is 0 Å². The molecule has 0 aliphatic carbocycles. The van der Waals surface area contributed by atoms with Gasteiger partial charge in [-0.3, -0.25) is 0 Å². The molecule has 3 rings (SSSR count). The molecule has 6 nitrogen and oxygen atoms in total. The summed E-state index contributed by atoms with van der Waals surface area (Å²) in [4.78, 5) is 0. The largest absolute Gasteiger partial charge is 0.433 e. The first-order chi connectivity index (χ1) is 12.1. The third-order valence-corrected chi connectivity index (χ3v) is 5.72. The lowest BCUT2D eigenvalue weighted by Gasteiger charge is -2.22. The second kappa shape index (κ2) is 8.02. The van der Waals surface area contributed by atoms with Gasteiger partial charge in [0.05, 0.1) is 25.0 Å². The van der Waals surface area contributed by atoms with Gasteiger partial charge < -0.3 is 24.0 Å². The van der Waals surface area contributed by atoms with E-state index in [9.17, 15) is 14.8 Å². The van der Waals surface area contributed by atoms with Crippen LogP contribution in [0.4, 0.5) is 0 Å². The fourth-order valence-electron chi connectivity index (χ4n) is 2.72. The molecule has 134 valence electrons. The molecule has 1 aliphatic heterocycles. The molecule has 2 aromatic rings. The second-order valence-electron chi connectivity index (χ2n) is 5.88. The van der Waals surface area contributed by atoms with Crippen molar-refractivity contribution in [3.63, 3.8) is 0 Å². The van der Waals surface area contributed by atoms with Crippen LogP contribution < -0.4 is 9.05 Å². The second-order valence-corrected chi connectivity index (χ2v) is 7.84. The van der Waals surface area contributed by atoms with Gasteiger partial charge in [0.2, 0.25) is 0 Å². The number of aliphatic hydroxyl groups excluding tert-OH is 2. The molecule has 1 fully saturated rings. The van der Waals surface area contributed by atoms with Crippen molar-refractivity contribution < 1.29 is 28.6 Å². The zero-order valence-corrected chi connectivity index (χ0v) is 14.5. The molecule has 0 radical (unpaired) electrons. The molecule has 0 amide bonds. The molecule has 1 heterocycles. The van der Waals surface area contributed by atoms with E-state index in [0.717, 1.165) is 0 Å². The monoisotopic (exact) mass is 364 g/mol. The van der Waals surface area contributed by atoms with Crippen LogP contribution in [0.2, 0.25) is 0 Å². The van der Waals surface area contributed by atoms with E-state index in [1.165, 1.54) is 0 Å². The Hall–Kier alpha value is -1.85. The number of hydrogen-bond acceptors (Lipinski definition) is 6. The molecule has 1 saturated heterocycles. The van der Waals surface area contributed by atoms with E-state index in [2.05, 4.69) is 0 Å². The van der Waals surface area contributed by atoms with Crippen molar-refractivity contribution in [1.29, 1.82) is 0 Å². The quantitative estimate of drug-likeness (QED) is 0.735. The maximum absolute atomic E-state index is 13.3. The van der Waals surface area contributed by atoms with E-state index in [0.29, 0.717) is 11.5 Å². The van der Waals surface area contributed by atoms with Crippen molar-refractivity contribution in [3.05, 3.63) is 60.7 Å². The molecule has 3 atom stereocenters. The van der Waals surface area contributed by atoms with Gasteiger partial charge in [0.25, 0.3) is 0 Å². The zero-order valence-electron chi connectivity index (χ0n) is 13.6. The highest BCUT2D eigenvalue weighted by molar-refractivity contribution is 7.54. The molecular formula is C18H21O6P. The van der Waals surface area contributed by atoms with Crippen LogP contribution in [0.1, 0.15) is 6.42 Å². The molecule has 0 aromatic heterocycles. The van der Waals surface area contributed by atoms with Crippen LogP contribution in [0.15, 0.2) is 60.7 Å². The zero-order chi connectivity index (χ0) is 17.7. The Bertz CT molecular complexity index is 663. The Labute approximate surface area is 146 Å². The van der Waals surface area contributed by atoms with Gasteiger partial charge in [-0.05, 0) is 24.3 Å². The van der Waals surface area contributed by atoms with E-state index in [4.69, 9.17) is 13.8 Å². The van der Waals surface area contributed by atoms with Gasteiger partial charge in [0, 0.05) is 6.42 Å². The summed E-state index contributed by atoms with van der Waals surface area (Å²) in [7, 11) is -3.59. The van der Waals surface area contributed by atoms with Crippen LogP contribution in [0.5, 0.6) is 11.5 Å². The smallest absolute Gasteiger partial charge is 0.416 e.